The van der Waals surface area contributed by atoms with E-state index in [4.69, 9.17) is 10.5 Å². The second-order valence-corrected chi connectivity index (χ2v) is 6.52. The van der Waals surface area contributed by atoms with Gasteiger partial charge in [0.05, 0.1) is 24.6 Å². The number of methoxy groups -OCH3 is 1. The van der Waals surface area contributed by atoms with Gasteiger partial charge >= 0.3 is 5.97 Å². The van der Waals surface area contributed by atoms with Crippen LogP contribution in [-0.4, -0.2) is 47.2 Å². The minimum Gasteiger partial charge on any atom is -0.467 e. The molecule has 158 valence electrons. The Kier molecular flexibility index (Phi) is 11.3. The number of amides is 1. The highest BCUT2D eigenvalue weighted by atomic mass is 35.5. The molecule has 0 bridgehead atoms. The third kappa shape index (κ3) is 7.79. The van der Waals surface area contributed by atoms with Gasteiger partial charge in [-0.2, -0.15) is 0 Å². The fourth-order valence-corrected chi connectivity index (χ4v) is 2.58. The maximum Gasteiger partial charge on any atom is 0.328 e. The van der Waals surface area contributed by atoms with Crippen molar-refractivity contribution in [2.75, 3.05) is 7.11 Å². The van der Waals surface area contributed by atoms with Crippen LogP contribution in [0, 0.1) is 16.0 Å². The van der Waals surface area contributed by atoms with Crippen LogP contribution in [0.5, 0.6) is 0 Å². The molecule has 2 unspecified atom stereocenters. The summed E-state index contributed by atoms with van der Waals surface area (Å²) >= 11 is 0. The Morgan fingerprint density at radius 3 is 2.57 bits per heavy atom. The van der Waals surface area contributed by atoms with Crippen molar-refractivity contribution in [3.05, 3.63) is 39.9 Å². The Balaban J connectivity index is 0.00000729. The molecule has 1 amide bonds. The number of non-ortho nitro benzene ring substituents is 1. The number of esters is 1. The number of halogens is 1. The van der Waals surface area contributed by atoms with E-state index >= 15 is 0 Å². The van der Waals surface area contributed by atoms with Crippen LogP contribution in [0.3, 0.4) is 0 Å². The zero-order valence-electron chi connectivity index (χ0n) is 16.2. The molecule has 0 fully saturated rings. The minimum absolute atomic E-state index is 0. The third-order valence-corrected chi connectivity index (χ3v) is 4.47. The topological polar surface area (TPSA) is 145 Å². The van der Waals surface area contributed by atoms with Gasteiger partial charge in [-0.05, 0) is 17.9 Å². The molecule has 0 saturated carbocycles. The van der Waals surface area contributed by atoms with Gasteiger partial charge in [0.1, 0.15) is 6.04 Å². The number of ether oxygens (including phenoxy) is 1. The first-order chi connectivity index (χ1) is 12.7. The van der Waals surface area contributed by atoms with E-state index < -0.39 is 35.0 Å². The largest absolute Gasteiger partial charge is 0.467 e. The zero-order chi connectivity index (χ0) is 20.6. The summed E-state index contributed by atoms with van der Waals surface area (Å²) in [5, 5.41) is 23.6. The molecule has 1 aromatic carbocycles. The van der Waals surface area contributed by atoms with Crippen LogP contribution < -0.4 is 11.1 Å². The van der Waals surface area contributed by atoms with Crippen LogP contribution in [0.15, 0.2) is 24.3 Å². The molecule has 0 radical (unpaired) electrons. The van der Waals surface area contributed by atoms with Crippen LogP contribution in [0.2, 0.25) is 0 Å². The van der Waals surface area contributed by atoms with E-state index in [1.807, 2.05) is 13.8 Å². The first kappa shape index (κ1) is 25.8. The van der Waals surface area contributed by atoms with Crippen molar-refractivity contribution in [2.45, 2.75) is 51.3 Å². The highest BCUT2D eigenvalue weighted by molar-refractivity contribution is 5.85. The lowest BCUT2D eigenvalue weighted by Crippen LogP contribution is -2.48. The van der Waals surface area contributed by atoms with E-state index in [1.165, 1.54) is 25.3 Å². The molecule has 0 aliphatic rings. The number of nitrogens with two attached hydrogens (primary N) is 1. The molecule has 4 N–H and O–H groups in total. The fraction of sp³-hybridized carbons (Fsp3) is 0.556. The summed E-state index contributed by atoms with van der Waals surface area (Å²) in [5.41, 5.74) is 6.45. The number of rotatable bonds is 10. The normalized spacial score (nSPS) is 14.8. The van der Waals surface area contributed by atoms with Crippen LogP contribution >= 0.6 is 12.4 Å². The summed E-state index contributed by atoms with van der Waals surface area (Å²) in [4.78, 5) is 34.3. The lowest BCUT2D eigenvalue weighted by atomic mass is 9.97. The van der Waals surface area contributed by atoms with Crippen molar-refractivity contribution < 1.29 is 24.4 Å². The number of hydrogen-bond acceptors (Lipinski definition) is 7. The molecule has 9 nitrogen and oxygen atoms in total. The summed E-state index contributed by atoms with van der Waals surface area (Å²) in [6.07, 6.45) is -0.629. The second-order valence-electron chi connectivity index (χ2n) is 6.52. The standard InChI is InChI=1S/C18H27N3O6.ClH/c1-4-11(2)17(18(24)27-3)20-16(23)10-15(22)14(19)9-12-6-5-7-13(8-12)21(25)26;/h5-8,11,14-15,17,22H,4,9-10,19H2,1-3H3,(H,20,23);1H/t11?,14-,15?,17-;/m0./s1. The lowest BCUT2D eigenvalue weighted by Gasteiger charge is -2.24. The van der Waals surface area contributed by atoms with Crippen LogP contribution in [0.1, 0.15) is 32.3 Å². The maximum absolute atomic E-state index is 12.2. The summed E-state index contributed by atoms with van der Waals surface area (Å²) in [6.45, 7) is 3.70. The van der Waals surface area contributed by atoms with Crippen LogP contribution in [-0.2, 0) is 20.7 Å². The predicted octanol–water partition coefficient (Wildman–Crippen LogP) is 1.34. The Bertz CT molecular complexity index is 672. The van der Waals surface area contributed by atoms with Crippen molar-refractivity contribution in [2.24, 2.45) is 11.7 Å². The molecule has 10 heteroatoms. The predicted molar refractivity (Wildman–Crippen MR) is 106 cm³/mol. The molecular formula is C18H28ClN3O6. The first-order valence-corrected chi connectivity index (χ1v) is 8.73. The van der Waals surface area contributed by atoms with Crippen molar-refractivity contribution in [3.63, 3.8) is 0 Å². The quantitative estimate of drug-likeness (QED) is 0.296. The van der Waals surface area contributed by atoms with Crippen molar-refractivity contribution in [1.82, 2.24) is 5.32 Å². The number of nitrogens with one attached hydrogen (secondary N) is 1. The number of nitro groups is 1. The number of carbonyl (C=O) groups is 2. The summed E-state index contributed by atoms with van der Waals surface area (Å²) in [6, 6.07) is 4.34. The number of hydrogen-bond donors (Lipinski definition) is 3. The molecule has 4 atom stereocenters. The van der Waals surface area contributed by atoms with Crippen LogP contribution in [0.4, 0.5) is 5.69 Å². The molecule has 0 aliphatic heterocycles. The maximum atomic E-state index is 12.2. The summed E-state index contributed by atoms with van der Waals surface area (Å²) in [5.74, 6) is -1.20. The van der Waals surface area contributed by atoms with Gasteiger partial charge in [0.15, 0.2) is 0 Å². The van der Waals surface area contributed by atoms with Gasteiger partial charge in [-0.25, -0.2) is 4.79 Å². The molecule has 1 aromatic rings. The molecule has 28 heavy (non-hydrogen) atoms. The molecular weight excluding hydrogens is 390 g/mol. The molecule has 0 saturated heterocycles. The average Bonchev–Trinajstić information content (AvgIpc) is 2.64. The number of carbonyl (C=O) groups excluding carboxylic acids is 2. The van der Waals surface area contributed by atoms with Gasteiger partial charge in [-0.1, -0.05) is 32.4 Å². The lowest BCUT2D eigenvalue weighted by molar-refractivity contribution is -0.384. The van der Waals surface area contributed by atoms with E-state index in [1.54, 1.807) is 6.07 Å². The summed E-state index contributed by atoms with van der Waals surface area (Å²) < 4.78 is 4.70. The second kappa shape index (κ2) is 12.3. The number of nitrogens with zero attached hydrogens (tertiary/aromatic N) is 1. The SMILES string of the molecule is CCC(C)[C@H](NC(=O)CC(O)[C@@H](N)Cc1cccc([N+](=O)[O-])c1)C(=O)OC.Cl. The monoisotopic (exact) mass is 417 g/mol. The van der Waals surface area contributed by atoms with Crippen LogP contribution in [0.25, 0.3) is 0 Å². The highest BCUT2D eigenvalue weighted by Crippen LogP contribution is 2.16. The Morgan fingerprint density at radius 2 is 2.04 bits per heavy atom. The van der Waals surface area contributed by atoms with Crippen molar-refractivity contribution in [3.8, 4) is 0 Å². The Labute approximate surface area is 170 Å². The third-order valence-electron chi connectivity index (χ3n) is 4.47. The van der Waals surface area contributed by atoms with Crippen molar-refractivity contribution in [1.29, 1.82) is 0 Å². The smallest absolute Gasteiger partial charge is 0.328 e. The van der Waals surface area contributed by atoms with Gasteiger partial charge in [0.25, 0.3) is 5.69 Å². The molecule has 0 aliphatic carbocycles. The zero-order valence-corrected chi connectivity index (χ0v) is 17.0. The van der Waals surface area contributed by atoms with Gasteiger partial charge in [0.2, 0.25) is 5.91 Å². The Morgan fingerprint density at radius 1 is 1.39 bits per heavy atom. The number of aliphatic hydroxyl groups excluding tert-OH is 1. The molecule has 0 spiro atoms. The summed E-state index contributed by atoms with van der Waals surface area (Å²) in [7, 11) is 1.24. The van der Waals surface area contributed by atoms with Gasteiger partial charge < -0.3 is 20.9 Å². The first-order valence-electron chi connectivity index (χ1n) is 8.73. The van der Waals surface area contributed by atoms with E-state index in [2.05, 4.69) is 5.32 Å². The number of nitro benzene ring substituents is 1. The van der Waals surface area contributed by atoms with E-state index in [9.17, 15) is 24.8 Å². The highest BCUT2D eigenvalue weighted by Gasteiger charge is 2.28. The van der Waals surface area contributed by atoms with E-state index in [0.717, 1.165) is 0 Å². The van der Waals surface area contributed by atoms with Gasteiger partial charge in [0, 0.05) is 18.2 Å². The van der Waals surface area contributed by atoms with Crippen molar-refractivity contribution >= 4 is 30.0 Å². The Hall–Kier alpha value is -2.23. The average molecular weight is 418 g/mol. The minimum atomic E-state index is -1.17. The molecule has 0 aromatic heterocycles. The van der Waals surface area contributed by atoms with E-state index in [-0.39, 0.29) is 36.9 Å². The van der Waals surface area contributed by atoms with Gasteiger partial charge in [-0.15, -0.1) is 12.4 Å². The van der Waals surface area contributed by atoms with E-state index in [0.29, 0.717) is 12.0 Å². The number of aliphatic hydroxyl groups is 1. The molecule has 0 heterocycles. The molecule has 1 rings (SSSR count). The fourth-order valence-electron chi connectivity index (χ4n) is 2.58. The number of benzene rings is 1. The van der Waals surface area contributed by atoms with Gasteiger partial charge in [-0.3, -0.25) is 14.9 Å².